The standard InChI is InChI=1S/C23H28Cl2N4O2/c1-15-19(16(2)29(26-15)18-5-6-20(24)21(25)13-18)14-22(30)27-11-7-17(8-12-27)23(31)28-9-3-4-10-28/h5-6,13,17H,3-4,7-12,14H2,1-2H3. The molecule has 0 aliphatic carbocycles. The number of aryl methyl sites for hydroxylation is 1. The summed E-state index contributed by atoms with van der Waals surface area (Å²) in [5.74, 6) is 0.425. The maximum atomic E-state index is 13.0. The molecule has 0 radical (unpaired) electrons. The van der Waals surface area contributed by atoms with E-state index in [4.69, 9.17) is 23.2 Å². The summed E-state index contributed by atoms with van der Waals surface area (Å²) in [6.45, 7) is 6.94. The molecule has 1 aromatic carbocycles. The summed E-state index contributed by atoms with van der Waals surface area (Å²) < 4.78 is 1.81. The van der Waals surface area contributed by atoms with Gasteiger partial charge in [-0.3, -0.25) is 9.59 Å². The Labute approximate surface area is 193 Å². The van der Waals surface area contributed by atoms with Gasteiger partial charge in [0.1, 0.15) is 0 Å². The fourth-order valence-electron chi connectivity index (χ4n) is 4.63. The number of carbonyl (C=O) groups excluding carboxylic acids is 2. The number of benzene rings is 1. The number of nitrogens with zero attached hydrogens (tertiary/aromatic N) is 4. The molecule has 0 atom stereocenters. The minimum atomic E-state index is 0.0584. The van der Waals surface area contributed by atoms with Gasteiger partial charge in [-0.25, -0.2) is 4.68 Å². The number of piperidine rings is 1. The van der Waals surface area contributed by atoms with Gasteiger partial charge in [-0.05, 0) is 57.7 Å². The van der Waals surface area contributed by atoms with E-state index in [1.165, 1.54) is 0 Å². The highest BCUT2D eigenvalue weighted by molar-refractivity contribution is 6.42. The van der Waals surface area contributed by atoms with Crippen LogP contribution in [-0.2, 0) is 16.0 Å². The SMILES string of the molecule is Cc1nn(-c2ccc(Cl)c(Cl)c2)c(C)c1CC(=O)N1CCC(C(=O)N2CCCC2)CC1. The molecule has 0 bridgehead atoms. The van der Waals surface area contributed by atoms with Crippen molar-refractivity contribution in [2.45, 2.75) is 46.0 Å². The fourth-order valence-corrected chi connectivity index (χ4v) is 4.93. The molecule has 2 fully saturated rings. The van der Waals surface area contributed by atoms with Crippen LogP contribution in [0.15, 0.2) is 18.2 Å². The Morgan fingerprint density at radius 3 is 2.32 bits per heavy atom. The number of hydrogen-bond donors (Lipinski definition) is 0. The van der Waals surface area contributed by atoms with E-state index in [1.807, 2.05) is 29.7 Å². The van der Waals surface area contributed by atoms with Gasteiger partial charge in [0, 0.05) is 43.4 Å². The average molecular weight is 463 g/mol. The molecular weight excluding hydrogens is 435 g/mol. The van der Waals surface area contributed by atoms with Crippen LogP contribution in [0.25, 0.3) is 5.69 Å². The van der Waals surface area contributed by atoms with E-state index in [0.29, 0.717) is 29.6 Å². The maximum Gasteiger partial charge on any atom is 0.227 e. The molecule has 3 heterocycles. The summed E-state index contributed by atoms with van der Waals surface area (Å²) in [5.41, 5.74) is 3.50. The van der Waals surface area contributed by atoms with Crippen LogP contribution in [0.1, 0.15) is 42.6 Å². The molecule has 2 aliphatic heterocycles. The predicted molar refractivity (Wildman–Crippen MR) is 122 cm³/mol. The van der Waals surface area contributed by atoms with Crippen LogP contribution in [0.4, 0.5) is 0 Å². The molecule has 6 nitrogen and oxygen atoms in total. The summed E-state index contributed by atoms with van der Waals surface area (Å²) in [5, 5.41) is 5.59. The van der Waals surface area contributed by atoms with Crippen molar-refractivity contribution in [3.8, 4) is 5.69 Å². The second-order valence-corrected chi connectivity index (χ2v) is 9.34. The molecule has 8 heteroatoms. The Morgan fingerprint density at radius 1 is 1.00 bits per heavy atom. The summed E-state index contributed by atoms with van der Waals surface area (Å²) in [7, 11) is 0. The van der Waals surface area contributed by atoms with Gasteiger partial charge >= 0.3 is 0 Å². The monoisotopic (exact) mass is 462 g/mol. The van der Waals surface area contributed by atoms with Crippen LogP contribution >= 0.6 is 23.2 Å². The quantitative estimate of drug-likeness (QED) is 0.683. The molecule has 2 amide bonds. The lowest BCUT2D eigenvalue weighted by Crippen LogP contribution is -2.44. The van der Waals surface area contributed by atoms with Crippen LogP contribution in [0, 0.1) is 19.8 Å². The van der Waals surface area contributed by atoms with E-state index < -0.39 is 0 Å². The molecule has 2 aromatic rings. The molecule has 2 saturated heterocycles. The molecule has 166 valence electrons. The smallest absolute Gasteiger partial charge is 0.227 e. The van der Waals surface area contributed by atoms with Gasteiger partial charge in [0.05, 0.1) is 27.8 Å². The number of aromatic nitrogens is 2. The number of halogens is 2. The number of amides is 2. The van der Waals surface area contributed by atoms with Crippen molar-refractivity contribution >= 4 is 35.0 Å². The van der Waals surface area contributed by atoms with Crippen LogP contribution in [0.5, 0.6) is 0 Å². The van der Waals surface area contributed by atoms with Crippen molar-refractivity contribution in [2.75, 3.05) is 26.2 Å². The highest BCUT2D eigenvalue weighted by Gasteiger charge is 2.31. The van der Waals surface area contributed by atoms with E-state index in [0.717, 1.165) is 61.4 Å². The van der Waals surface area contributed by atoms with E-state index in [9.17, 15) is 9.59 Å². The van der Waals surface area contributed by atoms with Gasteiger partial charge in [0.25, 0.3) is 0 Å². The molecule has 1 aromatic heterocycles. The largest absolute Gasteiger partial charge is 0.342 e. The first kappa shape index (κ1) is 22.2. The van der Waals surface area contributed by atoms with Gasteiger partial charge in [0.15, 0.2) is 0 Å². The normalized spacial score (nSPS) is 17.4. The Kier molecular flexibility index (Phi) is 6.58. The Bertz CT molecular complexity index is 990. The van der Waals surface area contributed by atoms with E-state index in [1.54, 1.807) is 16.8 Å². The summed E-state index contributed by atoms with van der Waals surface area (Å²) >= 11 is 12.2. The van der Waals surface area contributed by atoms with Crippen molar-refractivity contribution in [1.29, 1.82) is 0 Å². The van der Waals surface area contributed by atoms with Crippen molar-refractivity contribution < 1.29 is 9.59 Å². The van der Waals surface area contributed by atoms with Crippen molar-refractivity contribution in [3.63, 3.8) is 0 Å². The third-order valence-corrected chi connectivity index (χ3v) is 7.27. The van der Waals surface area contributed by atoms with Crippen LogP contribution in [0.3, 0.4) is 0 Å². The summed E-state index contributed by atoms with van der Waals surface area (Å²) in [6, 6.07) is 5.38. The second kappa shape index (κ2) is 9.21. The Morgan fingerprint density at radius 2 is 1.68 bits per heavy atom. The summed E-state index contributed by atoms with van der Waals surface area (Å²) in [6.07, 6.45) is 4.03. The lowest BCUT2D eigenvalue weighted by molar-refractivity contribution is -0.139. The van der Waals surface area contributed by atoms with Crippen molar-refractivity contribution in [2.24, 2.45) is 5.92 Å². The minimum absolute atomic E-state index is 0.0584. The minimum Gasteiger partial charge on any atom is -0.342 e. The highest BCUT2D eigenvalue weighted by atomic mass is 35.5. The molecule has 0 N–H and O–H groups in total. The number of carbonyl (C=O) groups is 2. The molecule has 2 aliphatic rings. The van der Waals surface area contributed by atoms with E-state index in [-0.39, 0.29) is 17.7 Å². The topological polar surface area (TPSA) is 58.4 Å². The molecule has 4 rings (SSSR count). The Balaban J connectivity index is 1.40. The Hall–Kier alpha value is -2.05. The van der Waals surface area contributed by atoms with Crippen molar-refractivity contribution in [1.82, 2.24) is 19.6 Å². The van der Waals surface area contributed by atoms with E-state index in [2.05, 4.69) is 5.10 Å². The molecular formula is C23H28Cl2N4O2. The number of rotatable bonds is 4. The third-order valence-electron chi connectivity index (χ3n) is 6.53. The van der Waals surface area contributed by atoms with Gasteiger partial charge in [0.2, 0.25) is 11.8 Å². The van der Waals surface area contributed by atoms with Crippen LogP contribution in [-0.4, -0.2) is 57.6 Å². The van der Waals surface area contributed by atoms with Gasteiger partial charge < -0.3 is 9.80 Å². The zero-order valence-corrected chi connectivity index (χ0v) is 19.5. The third kappa shape index (κ3) is 4.60. The van der Waals surface area contributed by atoms with Crippen LogP contribution in [0.2, 0.25) is 10.0 Å². The lowest BCUT2D eigenvalue weighted by atomic mass is 9.95. The second-order valence-electron chi connectivity index (χ2n) is 8.52. The van der Waals surface area contributed by atoms with Crippen molar-refractivity contribution in [3.05, 3.63) is 45.2 Å². The first-order chi connectivity index (χ1) is 14.8. The lowest BCUT2D eigenvalue weighted by Gasteiger charge is -2.33. The first-order valence-electron chi connectivity index (χ1n) is 10.9. The zero-order chi connectivity index (χ0) is 22.1. The van der Waals surface area contributed by atoms with Gasteiger partial charge in [-0.2, -0.15) is 5.10 Å². The molecule has 0 spiro atoms. The molecule has 31 heavy (non-hydrogen) atoms. The zero-order valence-electron chi connectivity index (χ0n) is 18.0. The fraction of sp³-hybridized carbons (Fsp3) is 0.522. The predicted octanol–water partition coefficient (Wildman–Crippen LogP) is 4.20. The highest BCUT2D eigenvalue weighted by Crippen LogP contribution is 2.27. The van der Waals surface area contributed by atoms with Crippen LogP contribution < -0.4 is 0 Å². The van der Waals surface area contributed by atoms with Gasteiger partial charge in [-0.1, -0.05) is 23.2 Å². The number of hydrogen-bond acceptors (Lipinski definition) is 3. The van der Waals surface area contributed by atoms with Gasteiger partial charge in [-0.15, -0.1) is 0 Å². The molecule has 0 unspecified atom stereocenters. The van der Waals surface area contributed by atoms with E-state index >= 15 is 0 Å². The molecule has 0 saturated carbocycles. The summed E-state index contributed by atoms with van der Waals surface area (Å²) in [4.78, 5) is 29.5. The average Bonchev–Trinajstić information content (AvgIpc) is 3.40. The number of likely N-dealkylation sites (tertiary alicyclic amines) is 2. The first-order valence-corrected chi connectivity index (χ1v) is 11.7. The maximum absolute atomic E-state index is 13.0.